The minimum Gasteiger partial charge on any atom is -0.494 e. The van der Waals surface area contributed by atoms with Crippen molar-refractivity contribution in [3.05, 3.63) is 29.6 Å². The molecule has 1 aliphatic carbocycles. The van der Waals surface area contributed by atoms with E-state index in [1.54, 1.807) is 17.0 Å². The maximum atomic E-state index is 10.4. The van der Waals surface area contributed by atoms with E-state index in [1.165, 1.54) is 0 Å². The van der Waals surface area contributed by atoms with Crippen LogP contribution in [-0.4, -0.2) is 62.4 Å². The lowest BCUT2D eigenvalue weighted by atomic mass is 9.95. The van der Waals surface area contributed by atoms with E-state index in [9.17, 15) is 10.2 Å². The number of unbranched alkanes of at least 4 members (excludes halogenated alkanes) is 1. The van der Waals surface area contributed by atoms with Gasteiger partial charge < -0.3 is 15.1 Å². The Bertz CT molecular complexity index is 724. The number of nitrogens with zero attached hydrogens (tertiary/aromatic N) is 5. The van der Waals surface area contributed by atoms with E-state index in [0.717, 1.165) is 88.3 Å². The van der Waals surface area contributed by atoms with Crippen molar-refractivity contribution in [2.45, 2.75) is 45.1 Å². The fourth-order valence-electron chi connectivity index (χ4n) is 4.27. The van der Waals surface area contributed by atoms with Crippen LogP contribution in [0.1, 0.15) is 36.8 Å². The maximum Gasteiger partial charge on any atom is 0.225 e. The molecule has 0 atom stereocenters. The van der Waals surface area contributed by atoms with Crippen molar-refractivity contribution in [3.8, 4) is 11.8 Å². The van der Waals surface area contributed by atoms with Gasteiger partial charge in [-0.1, -0.05) is 0 Å². The number of piperazine rings is 1. The summed E-state index contributed by atoms with van der Waals surface area (Å²) in [5.41, 5.74) is 1.94. The van der Waals surface area contributed by atoms with E-state index in [2.05, 4.69) is 19.8 Å². The van der Waals surface area contributed by atoms with Crippen molar-refractivity contribution in [2.24, 2.45) is 0 Å². The van der Waals surface area contributed by atoms with Crippen molar-refractivity contribution in [2.75, 3.05) is 37.6 Å². The number of anilines is 1. The van der Waals surface area contributed by atoms with Gasteiger partial charge in [0.15, 0.2) is 11.8 Å². The summed E-state index contributed by atoms with van der Waals surface area (Å²) in [5.74, 6) is 1.40. The topological polar surface area (TPSA) is 77.7 Å². The first-order valence-corrected chi connectivity index (χ1v) is 10.1. The lowest BCUT2D eigenvalue weighted by Gasteiger charge is -2.34. The summed E-state index contributed by atoms with van der Waals surface area (Å²) in [4.78, 5) is 13.4. The van der Waals surface area contributed by atoms with Crippen molar-refractivity contribution < 1.29 is 10.2 Å². The van der Waals surface area contributed by atoms with Gasteiger partial charge in [0.25, 0.3) is 0 Å². The molecule has 0 saturated carbocycles. The van der Waals surface area contributed by atoms with E-state index in [4.69, 9.17) is 0 Å². The van der Waals surface area contributed by atoms with Gasteiger partial charge in [-0.15, -0.1) is 0 Å². The number of hydrogen-bond acceptors (Lipinski definition) is 6. The number of aromatic hydroxyl groups is 2. The second-order valence-corrected chi connectivity index (χ2v) is 7.55. The predicted molar refractivity (Wildman–Crippen MR) is 104 cm³/mol. The molecule has 0 amide bonds. The van der Waals surface area contributed by atoms with Gasteiger partial charge >= 0.3 is 0 Å². The average molecular weight is 371 g/mol. The Hall–Kier alpha value is -2.28. The molecule has 2 N–H and O–H groups in total. The van der Waals surface area contributed by atoms with Gasteiger partial charge in [-0.2, -0.15) is 0 Å². The Morgan fingerprint density at radius 3 is 2.04 bits per heavy atom. The molecular weight excluding hydrogens is 342 g/mol. The Morgan fingerprint density at radius 2 is 1.41 bits per heavy atom. The van der Waals surface area contributed by atoms with Gasteiger partial charge in [-0.25, -0.2) is 9.97 Å². The van der Waals surface area contributed by atoms with Gasteiger partial charge in [-0.05, 0) is 51.1 Å². The number of fused-ring (bicyclic) bond motifs is 1. The number of hydrogen-bond donors (Lipinski definition) is 2. The van der Waals surface area contributed by atoms with E-state index in [1.807, 2.05) is 6.07 Å². The first-order chi connectivity index (χ1) is 13.2. The summed E-state index contributed by atoms with van der Waals surface area (Å²) < 4.78 is 1.71. The van der Waals surface area contributed by atoms with Gasteiger partial charge in [0.05, 0.1) is 0 Å². The van der Waals surface area contributed by atoms with Crippen LogP contribution in [0.4, 0.5) is 5.95 Å². The minimum absolute atomic E-state index is 0.290. The fraction of sp³-hybridized carbons (Fsp3) is 0.600. The monoisotopic (exact) mass is 371 g/mol. The van der Waals surface area contributed by atoms with Crippen LogP contribution < -0.4 is 4.90 Å². The highest BCUT2D eigenvalue weighted by Gasteiger charge is 2.24. The molecular formula is C20H29N5O2. The second kappa shape index (κ2) is 8.17. The molecule has 3 heterocycles. The van der Waals surface area contributed by atoms with Crippen LogP contribution in [-0.2, 0) is 19.4 Å². The quantitative estimate of drug-likeness (QED) is 0.758. The molecule has 1 saturated heterocycles. The van der Waals surface area contributed by atoms with Crippen LogP contribution >= 0.6 is 0 Å². The highest BCUT2D eigenvalue weighted by atomic mass is 16.3. The Kier molecular flexibility index (Phi) is 5.48. The van der Waals surface area contributed by atoms with Gasteiger partial charge in [-0.3, -0.25) is 9.47 Å². The molecule has 7 nitrogen and oxygen atoms in total. The van der Waals surface area contributed by atoms with E-state index < -0.39 is 0 Å². The van der Waals surface area contributed by atoms with Crippen LogP contribution in [0, 0.1) is 0 Å². The smallest absolute Gasteiger partial charge is 0.225 e. The molecule has 2 aliphatic rings. The van der Waals surface area contributed by atoms with Crippen LogP contribution in [0.2, 0.25) is 0 Å². The Balaban J connectivity index is 1.22. The van der Waals surface area contributed by atoms with Gasteiger partial charge in [0, 0.05) is 56.2 Å². The molecule has 0 aromatic carbocycles. The lowest BCUT2D eigenvalue weighted by molar-refractivity contribution is 0.248. The summed E-state index contributed by atoms with van der Waals surface area (Å²) >= 11 is 0. The van der Waals surface area contributed by atoms with E-state index in [0.29, 0.717) is 18.3 Å². The molecule has 1 fully saturated rings. The summed E-state index contributed by atoms with van der Waals surface area (Å²) in [5, 5.41) is 20.8. The van der Waals surface area contributed by atoms with Crippen LogP contribution in [0.25, 0.3) is 0 Å². The van der Waals surface area contributed by atoms with Crippen LogP contribution in [0.15, 0.2) is 18.5 Å². The molecule has 27 heavy (non-hydrogen) atoms. The lowest BCUT2D eigenvalue weighted by Crippen LogP contribution is -2.47. The highest BCUT2D eigenvalue weighted by molar-refractivity contribution is 5.46. The normalized spacial score (nSPS) is 17.9. The first kappa shape index (κ1) is 18.1. The zero-order valence-corrected chi connectivity index (χ0v) is 15.8. The largest absolute Gasteiger partial charge is 0.494 e. The van der Waals surface area contributed by atoms with Crippen LogP contribution in [0.3, 0.4) is 0 Å². The molecule has 0 bridgehead atoms. The highest BCUT2D eigenvalue weighted by Crippen LogP contribution is 2.38. The molecule has 1 aliphatic heterocycles. The zero-order chi connectivity index (χ0) is 18.6. The Morgan fingerprint density at radius 1 is 0.815 bits per heavy atom. The summed E-state index contributed by atoms with van der Waals surface area (Å²) in [6, 6.07) is 1.84. The van der Waals surface area contributed by atoms with E-state index in [-0.39, 0.29) is 0 Å². The summed E-state index contributed by atoms with van der Waals surface area (Å²) in [6.45, 7) is 5.68. The Labute approximate surface area is 160 Å². The van der Waals surface area contributed by atoms with Crippen molar-refractivity contribution in [1.82, 2.24) is 19.4 Å². The molecule has 0 radical (unpaired) electrons. The molecule has 2 aromatic heterocycles. The van der Waals surface area contributed by atoms with Crippen molar-refractivity contribution in [3.63, 3.8) is 0 Å². The van der Waals surface area contributed by atoms with Crippen molar-refractivity contribution >= 4 is 5.95 Å². The molecule has 2 aromatic rings. The number of aromatic nitrogens is 3. The predicted octanol–water partition coefficient (Wildman–Crippen LogP) is 2.17. The van der Waals surface area contributed by atoms with Gasteiger partial charge in [0.1, 0.15) is 0 Å². The van der Waals surface area contributed by atoms with Gasteiger partial charge in [0.2, 0.25) is 5.95 Å². The fourth-order valence-corrected chi connectivity index (χ4v) is 4.27. The third-order valence-electron chi connectivity index (χ3n) is 5.83. The third-order valence-corrected chi connectivity index (χ3v) is 5.83. The second-order valence-electron chi connectivity index (χ2n) is 7.55. The molecule has 0 unspecified atom stereocenters. The molecule has 7 heteroatoms. The first-order valence-electron chi connectivity index (χ1n) is 10.1. The molecule has 4 rings (SSSR count). The SMILES string of the molecule is Oc1c2c(c(O)n1CCCCN1CCN(c3ncccn3)CC1)CCCC2. The third kappa shape index (κ3) is 3.88. The van der Waals surface area contributed by atoms with Crippen LogP contribution in [0.5, 0.6) is 11.8 Å². The van der Waals surface area contributed by atoms with E-state index >= 15 is 0 Å². The maximum absolute atomic E-state index is 10.4. The summed E-state index contributed by atoms with van der Waals surface area (Å²) in [7, 11) is 0. The minimum atomic E-state index is 0.290. The summed E-state index contributed by atoms with van der Waals surface area (Å²) in [6.07, 6.45) is 9.57. The number of rotatable bonds is 6. The van der Waals surface area contributed by atoms with Crippen molar-refractivity contribution in [1.29, 1.82) is 0 Å². The zero-order valence-electron chi connectivity index (χ0n) is 15.8. The standard InChI is InChI=1S/C20H29N5O2/c26-18-16-6-1-2-7-17(16)19(27)25(18)11-4-3-10-23-12-14-24(15-13-23)20-21-8-5-9-22-20/h5,8-9,26-27H,1-4,6-7,10-15H2. The average Bonchev–Trinajstić information content (AvgIpc) is 2.97. The molecule has 0 spiro atoms. The molecule has 146 valence electrons.